The van der Waals surface area contributed by atoms with E-state index in [2.05, 4.69) is 4.98 Å². The van der Waals surface area contributed by atoms with E-state index in [1.807, 2.05) is 0 Å². The van der Waals surface area contributed by atoms with Gasteiger partial charge in [-0.25, -0.2) is 18.5 Å². The van der Waals surface area contributed by atoms with E-state index in [0.29, 0.717) is 17.7 Å². The lowest BCUT2D eigenvalue weighted by atomic mass is 9.79. The number of nitrogens with zero attached hydrogens (tertiary/aromatic N) is 1. The van der Waals surface area contributed by atoms with Gasteiger partial charge in [0, 0.05) is 6.20 Å². The van der Waals surface area contributed by atoms with Crippen molar-refractivity contribution in [3.8, 4) is 0 Å². The molecule has 1 aliphatic carbocycles. The van der Waals surface area contributed by atoms with E-state index in [9.17, 15) is 13.5 Å². The van der Waals surface area contributed by atoms with Gasteiger partial charge in [-0.3, -0.25) is 0 Å². The Morgan fingerprint density at radius 2 is 2.21 bits per heavy atom. The third-order valence-electron chi connectivity index (χ3n) is 2.37. The first-order valence-electron chi connectivity index (χ1n) is 4.13. The van der Waals surface area contributed by atoms with Crippen LogP contribution in [0.2, 0.25) is 0 Å². The van der Waals surface area contributed by atoms with E-state index in [1.54, 1.807) is 0 Å². The van der Waals surface area contributed by atoms with Gasteiger partial charge in [0.2, 0.25) is 4.34 Å². The lowest BCUT2D eigenvalue weighted by Gasteiger charge is -2.35. The standard InChI is InChI=1S/C7H10N2O3S2/c8-14(11,12)6-9-4-5(13-6)7(10)2-1-3-7/h4,10H,1-3H2,(H2,8,11,12). The van der Waals surface area contributed by atoms with E-state index >= 15 is 0 Å². The second-order valence-corrected chi connectivity index (χ2v) is 6.19. The number of primary sulfonamides is 1. The van der Waals surface area contributed by atoms with E-state index in [4.69, 9.17) is 5.14 Å². The van der Waals surface area contributed by atoms with Gasteiger partial charge in [0.25, 0.3) is 10.0 Å². The summed E-state index contributed by atoms with van der Waals surface area (Å²) in [6.07, 6.45) is 3.68. The smallest absolute Gasteiger partial charge is 0.265 e. The van der Waals surface area contributed by atoms with Crippen LogP contribution in [0.25, 0.3) is 0 Å². The van der Waals surface area contributed by atoms with Crippen LogP contribution in [0, 0.1) is 0 Å². The summed E-state index contributed by atoms with van der Waals surface area (Å²) in [5, 5.41) is 14.8. The number of rotatable bonds is 2. The van der Waals surface area contributed by atoms with E-state index in [0.717, 1.165) is 17.8 Å². The molecule has 0 aromatic carbocycles. The van der Waals surface area contributed by atoms with Gasteiger partial charge in [0.05, 0.1) is 4.88 Å². The average molecular weight is 234 g/mol. The average Bonchev–Trinajstić information content (AvgIpc) is 2.46. The summed E-state index contributed by atoms with van der Waals surface area (Å²) in [7, 11) is -3.73. The number of sulfonamides is 1. The Kier molecular flexibility index (Phi) is 2.15. The molecule has 0 unspecified atom stereocenters. The molecule has 1 saturated carbocycles. The van der Waals surface area contributed by atoms with Gasteiger partial charge in [-0.05, 0) is 19.3 Å². The molecular formula is C7H10N2O3S2. The summed E-state index contributed by atoms with van der Waals surface area (Å²) in [4.78, 5) is 4.27. The Labute approximate surface area is 85.6 Å². The predicted molar refractivity (Wildman–Crippen MR) is 51.2 cm³/mol. The van der Waals surface area contributed by atoms with Gasteiger partial charge in [0.15, 0.2) is 0 Å². The summed E-state index contributed by atoms with van der Waals surface area (Å²) in [6.45, 7) is 0. The summed E-state index contributed by atoms with van der Waals surface area (Å²) in [5.74, 6) is 0. The van der Waals surface area contributed by atoms with Crippen LogP contribution in [0.3, 0.4) is 0 Å². The van der Waals surface area contributed by atoms with Crippen molar-refractivity contribution in [1.82, 2.24) is 4.98 Å². The topological polar surface area (TPSA) is 93.3 Å². The summed E-state index contributed by atoms with van der Waals surface area (Å²) in [5.41, 5.74) is -0.861. The van der Waals surface area contributed by atoms with E-state index in [1.165, 1.54) is 6.20 Å². The molecule has 2 rings (SSSR count). The minimum Gasteiger partial charge on any atom is -0.384 e. The van der Waals surface area contributed by atoms with Crippen LogP contribution >= 0.6 is 11.3 Å². The summed E-state index contributed by atoms with van der Waals surface area (Å²) >= 11 is 0.949. The van der Waals surface area contributed by atoms with Crippen molar-refractivity contribution in [3.63, 3.8) is 0 Å². The molecule has 0 spiro atoms. The molecule has 14 heavy (non-hydrogen) atoms. The highest BCUT2D eigenvalue weighted by Gasteiger charge is 2.38. The van der Waals surface area contributed by atoms with Crippen molar-refractivity contribution in [3.05, 3.63) is 11.1 Å². The molecule has 0 radical (unpaired) electrons. The van der Waals surface area contributed by atoms with Crippen LogP contribution in [0.15, 0.2) is 10.5 Å². The predicted octanol–water partition coefficient (Wildman–Crippen LogP) is 0.162. The zero-order valence-corrected chi connectivity index (χ0v) is 8.94. The molecule has 1 fully saturated rings. The van der Waals surface area contributed by atoms with Gasteiger partial charge in [-0.1, -0.05) is 0 Å². The molecule has 0 aliphatic heterocycles. The molecule has 78 valence electrons. The van der Waals surface area contributed by atoms with Crippen LogP contribution < -0.4 is 5.14 Å². The van der Waals surface area contributed by atoms with Crippen molar-refractivity contribution in [1.29, 1.82) is 0 Å². The van der Waals surface area contributed by atoms with Crippen molar-refractivity contribution in [2.24, 2.45) is 5.14 Å². The lowest BCUT2D eigenvalue weighted by Crippen LogP contribution is -2.32. The first-order chi connectivity index (χ1) is 6.42. The second-order valence-electron chi connectivity index (χ2n) is 3.42. The fourth-order valence-corrected chi connectivity index (χ4v) is 3.09. The molecule has 1 aromatic heterocycles. The fourth-order valence-electron chi connectivity index (χ4n) is 1.36. The fraction of sp³-hybridized carbons (Fsp3) is 0.571. The third-order valence-corrected chi connectivity index (χ3v) is 4.89. The highest BCUT2D eigenvalue weighted by Crippen LogP contribution is 2.43. The van der Waals surface area contributed by atoms with E-state index in [-0.39, 0.29) is 4.34 Å². The van der Waals surface area contributed by atoms with E-state index < -0.39 is 15.6 Å². The van der Waals surface area contributed by atoms with Crippen LogP contribution in [0.5, 0.6) is 0 Å². The molecule has 1 aromatic rings. The van der Waals surface area contributed by atoms with Gasteiger partial charge in [0.1, 0.15) is 5.60 Å². The molecule has 1 aliphatic rings. The molecule has 0 amide bonds. The van der Waals surface area contributed by atoms with Gasteiger partial charge in [-0.2, -0.15) is 0 Å². The molecule has 3 N–H and O–H groups in total. The largest absolute Gasteiger partial charge is 0.384 e. The number of nitrogens with two attached hydrogens (primary N) is 1. The Morgan fingerprint density at radius 3 is 2.57 bits per heavy atom. The summed E-state index contributed by atoms with van der Waals surface area (Å²) < 4.78 is 21.7. The zero-order valence-electron chi connectivity index (χ0n) is 7.30. The third kappa shape index (κ3) is 1.56. The summed E-state index contributed by atoms with van der Waals surface area (Å²) in [6, 6.07) is 0. The SMILES string of the molecule is NS(=O)(=O)c1ncc(C2(O)CCC2)s1. The van der Waals surface area contributed by atoms with Gasteiger partial charge in [-0.15, -0.1) is 11.3 Å². The number of thiazole rings is 1. The van der Waals surface area contributed by atoms with Crippen molar-refractivity contribution >= 4 is 21.4 Å². The molecule has 0 bridgehead atoms. The molecular weight excluding hydrogens is 224 g/mol. The van der Waals surface area contributed by atoms with Crippen LogP contribution in [-0.2, 0) is 15.6 Å². The van der Waals surface area contributed by atoms with Crippen molar-refractivity contribution in [2.45, 2.75) is 29.2 Å². The normalized spacial score (nSPS) is 20.4. The quantitative estimate of drug-likeness (QED) is 0.762. The highest BCUT2D eigenvalue weighted by molar-refractivity contribution is 7.91. The van der Waals surface area contributed by atoms with Crippen LogP contribution in [0.4, 0.5) is 0 Å². The minimum absolute atomic E-state index is 0.132. The van der Waals surface area contributed by atoms with Crippen molar-refractivity contribution in [2.75, 3.05) is 0 Å². The number of aliphatic hydroxyl groups is 1. The maximum atomic E-state index is 10.9. The van der Waals surface area contributed by atoms with Crippen LogP contribution in [-0.4, -0.2) is 18.5 Å². The number of hydrogen-bond acceptors (Lipinski definition) is 5. The maximum absolute atomic E-state index is 10.9. The molecule has 7 heteroatoms. The first-order valence-corrected chi connectivity index (χ1v) is 6.50. The Balaban J connectivity index is 2.35. The number of hydrogen-bond donors (Lipinski definition) is 2. The van der Waals surface area contributed by atoms with Gasteiger partial charge < -0.3 is 5.11 Å². The van der Waals surface area contributed by atoms with Crippen molar-refractivity contribution < 1.29 is 13.5 Å². The lowest BCUT2D eigenvalue weighted by molar-refractivity contribution is -0.0356. The zero-order chi connectivity index (χ0) is 10.4. The minimum atomic E-state index is -3.73. The molecule has 0 atom stereocenters. The van der Waals surface area contributed by atoms with Crippen LogP contribution in [0.1, 0.15) is 24.1 Å². The monoisotopic (exact) mass is 234 g/mol. The maximum Gasteiger partial charge on any atom is 0.265 e. The highest BCUT2D eigenvalue weighted by atomic mass is 32.2. The molecule has 5 nitrogen and oxygen atoms in total. The second kappa shape index (κ2) is 2.99. The Morgan fingerprint density at radius 1 is 1.57 bits per heavy atom. The first kappa shape index (κ1) is 10.0. The molecule has 1 heterocycles. The molecule has 0 saturated heterocycles. The van der Waals surface area contributed by atoms with Gasteiger partial charge >= 0.3 is 0 Å². The Bertz CT molecular complexity index is 447. The Hall–Kier alpha value is -0.500. The number of aromatic nitrogens is 1.